The highest BCUT2D eigenvalue weighted by Gasteiger charge is 2.45. The second-order valence-electron chi connectivity index (χ2n) is 8.26. The van der Waals surface area contributed by atoms with E-state index in [1.165, 1.54) is 13.2 Å². The highest BCUT2D eigenvalue weighted by molar-refractivity contribution is 6.09. The van der Waals surface area contributed by atoms with Crippen molar-refractivity contribution < 1.29 is 28.2 Å². The topological polar surface area (TPSA) is 74.2 Å². The van der Waals surface area contributed by atoms with Crippen molar-refractivity contribution in [3.63, 3.8) is 0 Å². The van der Waals surface area contributed by atoms with Gasteiger partial charge in [0.15, 0.2) is 17.3 Å². The summed E-state index contributed by atoms with van der Waals surface area (Å²) in [7, 11) is 4.42. The third-order valence-electron chi connectivity index (χ3n) is 6.46. The Kier molecular flexibility index (Phi) is 6.31. The molecule has 0 amide bonds. The number of halogens is 1. The summed E-state index contributed by atoms with van der Waals surface area (Å²) in [6, 6.07) is 11.8. The zero-order chi connectivity index (χ0) is 23.7. The number of ether oxygens (including phenoxy) is 3. The summed E-state index contributed by atoms with van der Waals surface area (Å²) in [5.74, 6) is -1.70. The predicted octanol–water partition coefficient (Wildman–Crippen LogP) is 4.59. The summed E-state index contributed by atoms with van der Waals surface area (Å²) >= 11 is 0. The van der Waals surface area contributed by atoms with Crippen LogP contribution in [0.4, 0.5) is 4.39 Å². The van der Waals surface area contributed by atoms with Crippen molar-refractivity contribution >= 4 is 17.5 Å². The standard InChI is InChI=1S/C26H26FNO5/c1-14-23(26(30)33-4)24(17-7-5-6-8-18(17)27)25-19(28-14)11-16(12-20(25)29)15-9-10-21(31-2)22(13-15)32-3/h5-10,13,16,23-24H,11-12H2,1-4H3/t16-,23?,24-/m0/s1. The summed E-state index contributed by atoms with van der Waals surface area (Å²) in [6.45, 7) is 1.73. The number of Topliss-reactive ketones (excluding diaryl/α,β-unsaturated/α-hetero) is 1. The van der Waals surface area contributed by atoms with E-state index in [-0.39, 0.29) is 18.1 Å². The number of nitrogens with zero attached hydrogens (tertiary/aromatic N) is 1. The first-order valence-electron chi connectivity index (χ1n) is 10.7. The highest BCUT2D eigenvalue weighted by Crippen LogP contribution is 2.47. The van der Waals surface area contributed by atoms with Crippen molar-refractivity contribution in [1.82, 2.24) is 0 Å². The Morgan fingerprint density at radius 1 is 1.03 bits per heavy atom. The number of aliphatic imine (C=N–C) groups is 1. The van der Waals surface area contributed by atoms with Crippen LogP contribution in [-0.4, -0.2) is 38.8 Å². The van der Waals surface area contributed by atoms with Gasteiger partial charge in [-0.1, -0.05) is 24.3 Å². The van der Waals surface area contributed by atoms with Crippen LogP contribution in [-0.2, 0) is 14.3 Å². The molecule has 2 aliphatic rings. The molecule has 1 unspecified atom stereocenters. The van der Waals surface area contributed by atoms with Crippen molar-refractivity contribution in [3.05, 3.63) is 70.7 Å². The van der Waals surface area contributed by atoms with Gasteiger partial charge in [-0.25, -0.2) is 4.39 Å². The van der Waals surface area contributed by atoms with E-state index in [0.29, 0.717) is 40.5 Å². The molecule has 3 atom stereocenters. The van der Waals surface area contributed by atoms with E-state index in [1.807, 2.05) is 18.2 Å². The molecular weight excluding hydrogens is 425 g/mol. The van der Waals surface area contributed by atoms with Crippen LogP contribution in [0.25, 0.3) is 0 Å². The molecule has 4 rings (SSSR count). The summed E-state index contributed by atoms with van der Waals surface area (Å²) in [5, 5.41) is 0. The molecular formula is C26H26FNO5. The molecule has 6 nitrogen and oxygen atoms in total. The Morgan fingerprint density at radius 3 is 2.42 bits per heavy atom. The van der Waals surface area contributed by atoms with Gasteiger partial charge in [0.25, 0.3) is 0 Å². The fourth-order valence-electron chi connectivity index (χ4n) is 4.90. The summed E-state index contributed by atoms with van der Waals surface area (Å²) < 4.78 is 30.6. The van der Waals surface area contributed by atoms with Gasteiger partial charge in [0.1, 0.15) is 11.7 Å². The van der Waals surface area contributed by atoms with E-state index in [4.69, 9.17) is 14.2 Å². The van der Waals surface area contributed by atoms with Gasteiger partial charge in [-0.05, 0) is 48.6 Å². The van der Waals surface area contributed by atoms with Crippen LogP contribution in [0.3, 0.4) is 0 Å². The molecule has 2 aromatic carbocycles. The molecule has 2 aromatic rings. The van der Waals surface area contributed by atoms with E-state index in [0.717, 1.165) is 5.56 Å². The van der Waals surface area contributed by atoms with Crippen LogP contribution in [0.5, 0.6) is 11.5 Å². The van der Waals surface area contributed by atoms with Gasteiger partial charge in [0, 0.05) is 29.3 Å². The Balaban J connectivity index is 1.80. The minimum atomic E-state index is -0.854. The Morgan fingerprint density at radius 2 is 1.76 bits per heavy atom. The predicted molar refractivity (Wildman–Crippen MR) is 121 cm³/mol. The minimum Gasteiger partial charge on any atom is -0.493 e. The fourth-order valence-corrected chi connectivity index (χ4v) is 4.90. The van der Waals surface area contributed by atoms with Crippen LogP contribution in [0.2, 0.25) is 0 Å². The fraction of sp³-hybridized carbons (Fsp3) is 0.346. The van der Waals surface area contributed by atoms with Gasteiger partial charge in [0.05, 0.1) is 21.3 Å². The van der Waals surface area contributed by atoms with Gasteiger partial charge >= 0.3 is 5.97 Å². The van der Waals surface area contributed by atoms with Crippen molar-refractivity contribution in [2.75, 3.05) is 21.3 Å². The average molecular weight is 451 g/mol. The zero-order valence-corrected chi connectivity index (χ0v) is 19.1. The molecule has 33 heavy (non-hydrogen) atoms. The van der Waals surface area contributed by atoms with Gasteiger partial charge in [-0.3, -0.25) is 14.6 Å². The highest BCUT2D eigenvalue weighted by atomic mass is 19.1. The lowest BCUT2D eigenvalue weighted by molar-refractivity contribution is -0.143. The lowest BCUT2D eigenvalue weighted by Gasteiger charge is -2.36. The monoisotopic (exact) mass is 451 g/mol. The van der Waals surface area contributed by atoms with Crippen LogP contribution in [0.1, 0.15) is 42.7 Å². The SMILES string of the molecule is COC(=O)C1C(C)=NC2=C(C(=O)C[C@@H](c3ccc(OC)c(OC)c3)C2)[C@H]1c1ccccc1F. The smallest absolute Gasteiger partial charge is 0.315 e. The van der Waals surface area contributed by atoms with Gasteiger partial charge < -0.3 is 14.2 Å². The van der Waals surface area contributed by atoms with E-state index >= 15 is 0 Å². The van der Waals surface area contributed by atoms with Crippen LogP contribution in [0, 0.1) is 11.7 Å². The maximum Gasteiger partial charge on any atom is 0.315 e. The molecule has 0 saturated carbocycles. The molecule has 0 bridgehead atoms. The Bertz CT molecular complexity index is 1170. The molecule has 172 valence electrons. The lowest BCUT2D eigenvalue weighted by atomic mass is 9.69. The number of methoxy groups -OCH3 is 3. The maximum absolute atomic E-state index is 14.9. The number of carbonyl (C=O) groups excluding carboxylic acids is 2. The minimum absolute atomic E-state index is 0.122. The van der Waals surface area contributed by atoms with E-state index < -0.39 is 23.6 Å². The number of hydrogen-bond acceptors (Lipinski definition) is 6. The number of allylic oxidation sites excluding steroid dienone is 2. The molecule has 0 N–H and O–H groups in total. The maximum atomic E-state index is 14.9. The molecule has 7 heteroatoms. The van der Waals surface area contributed by atoms with Gasteiger partial charge in [-0.2, -0.15) is 0 Å². The van der Waals surface area contributed by atoms with Crippen molar-refractivity contribution in [2.24, 2.45) is 10.9 Å². The third kappa shape index (κ3) is 4.03. The van der Waals surface area contributed by atoms with Gasteiger partial charge in [-0.15, -0.1) is 0 Å². The second kappa shape index (κ2) is 9.17. The number of esters is 1. The second-order valence-corrected chi connectivity index (χ2v) is 8.26. The first-order valence-corrected chi connectivity index (χ1v) is 10.7. The number of ketones is 1. The van der Waals surface area contributed by atoms with Crippen LogP contribution < -0.4 is 9.47 Å². The normalized spacial score (nSPS) is 22.4. The number of hydrogen-bond donors (Lipinski definition) is 0. The van der Waals surface area contributed by atoms with E-state index in [2.05, 4.69) is 4.99 Å². The molecule has 1 aliphatic carbocycles. The molecule has 1 aliphatic heterocycles. The largest absolute Gasteiger partial charge is 0.493 e. The molecule has 1 heterocycles. The first kappa shape index (κ1) is 22.7. The van der Waals surface area contributed by atoms with Crippen LogP contribution in [0.15, 0.2) is 58.7 Å². The average Bonchev–Trinajstić information content (AvgIpc) is 2.82. The van der Waals surface area contributed by atoms with Crippen LogP contribution >= 0.6 is 0 Å². The number of benzene rings is 2. The molecule has 0 saturated heterocycles. The van der Waals surface area contributed by atoms with Gasteiger partial charge in [0.2, 0.25) is 0 Å². The van der Waals surface area contributed by atoms with Crippen molar-refractivity contribution in [1.29, 1.82) is 0 Å². The number of rotatable bonds is 5. The Hall–Kier alpha value is -3.48. The van der Waals surface area contributed by atoms with Crippen molar-refractivity contribution in [3.8, 4) is 11.5 Å². The van der Waals surface area contributed by atoms with Crippen molar-refractivity contribution in [2.45, 2.75) is 31.6 Å². The molecule has 0 radical (unpaired) electrons. The molecule has 0 fully saturated rings. The van der Waals surface area contributed by atoms with E-state index in [9.17, 15) is 14.0 Å². The summed E-state index contributed by atoms with van der Waals surface area (Å²) in [6.07, 6.45) is 0.717. The molecule has 0 spiro atoms. The third-order valence-corrected chi connectivity index (χ3v) is 6.46. The summed E-state index contributed by atoms with van der Waals surface area (Å²) in [5.41, 5.74) is 2.73. The summed E-state index contributed by atoms with van der Waals surface area (Å²) in [4.78, 5) is 30.8. The lowest BCUT2D eigenvalue weighted by Crippen LogP contribution is -2.38. The first-order chi connectivity index (χ1) is 15.9. The quantitative estimate of drug-likeness (QED) is 0.622. The zero-order valence-electron chi connectivity index (χ0n) is 19.1. The molecule has 0 aromatic heterocycles. The van der Waals surface area contributed by atoms with E-state index in [1.54, 1.807) is 39.3 Å². The Labute approximate surface area is 192 Å². The number of carbonyl (C=O) groups is 2.